The van der Waals surface area contributed by atoms with Crippen LogP contribution in [0.4, 0.5) is 19.0 Å². The predicted molar refractivity (Wildman–Crippen MR) is 171 cm³/mol. The number of amides is 1. The second kappa shape index (κ2) is 11.2. The van der Waals surface area contributed by atoms with Gasteiger partial charge in [-0.05, 0) is 79.6 Å². The number of alkyl halides is 1. The molecular weight excluding hydrogens is 609 g/mol. The molecule has 4 saturated heterocycles. The van der Waals surface area contributed by atoms with E-state index in [1.54, 1.807) is 6.07 Å². The standard InChI is InChI=1S/C35H37F3N6O3/c1-2-23-26(37)6-5-20-13-22(45)14-24(27(20)23)29-28(38)30-25(16-40-29)31(43-11-3-7-34(18-43)9-10-39-32(34)46)42-33(41-30)47-19-35-8-4-12-44(35)17-21(36)15-35/h5-6,13-14,16,21,45H,2-4,7-12,15,17-19H2,1H3,(H,39,46)/t21-,34+,35+/m1/s1. The van der Waals surface area contributed by atoms with Gasteiger partial charge in [0.2, 0.25) is 5.91 Å². The zero-order chi connectivity index (χ0) is 32.5. The minimum Gasteiger partial charge on any atom is -0.508 e. The van der Waals surface area contributed by atoms with Crippen LogP contribution in [0.2, 0.25) is 0 Å². The summed E-state index contributed by atoms with van der Waals surface area (Å²) in [5.74, 6) is -0.860. The summed E-state index contributed by atoms with van der Waals surface area (Å²) in [6.45, 7) is 4.77. The van der Waals surface area contributed by atoms with Crippen molar-refractivity contribution in [3.63, 3.8) is 0 Å². The van der Waals surface area contributed by atoms with E-state index in [4.69, 9.17) is 9.72 Å². The second-order valence-corrected chi connectivity index (χ2v) is 13.7. The Hall–Kier alpha value is -4.19. The zero-order valence-electron chi connectivity index (χ0n) is 26.3. The lowest BCUT2D eigenvalue weighted by Gasteiger charge is -2.39. The minimum atomic E-state index is -0.935. The van der Waals surface area contributed by atoms with E-state index in [9.17, 15) is 18.7 Å². The lowest BCUT2D eigenvalue weighted by molar-refractivity contribution is -0.128. The van der Waals surface area contributed by atoms with Gasteiger partial charge in [0.1, 0.15) is 41.4 Å². The third-order valence-electron chi connectivity index (χ3n) is 10.9. The topological polar surface area (TPSA) is 104 Å². The van der Waals surface area contributed by atoms with Crippen LogP contribution in [0.15, 0.2) is 30.5 Å². The number of aryl methyl sites for hydroxylation is 1. The first-order valence-corrected chi connectivity index (χ1v) is 16.6. The third-order valence-corrected chi connectivity index (χ3v) is 10.9. The van der Waals surface area contributed by atoms with E-state index in [-0.39, 0.29) is 41.0 Å². The number of rotatable bonds is 6. The Kier molecular flexibility index (Phi) is 7.19. The highest BCUT2D eigenvalue weighted by molar-refractivity contribution is 6.02. The molecule has 3 atom stereocenters. The van der Waals surface area contributed by atoms with E-state index in [0.717, 1.165) is 32.2 Å². The molecule has 2 aromatic carbocycles. The van der Waals surface area contributed by atoms with Crippen molar-refractivity contribution in [2.45, 2.75) is 63.6 Å². The minimum absolute atomic E-state index is 0.0146. The van der Waals surface area contributed by atoms with Crippen molar-refractivity contribution in [1.82, 2.24) is 25.2 Å². The summed E-state index contributed by atoms with van der Waals surface area (Å²) in [6, 6.07) is 5.77. The number of hydrogen-bond donors (Lipinski definition) is 2. The van der Waals surface area contributed by atoms with Crippen molar-refractivity contribution in [2.75, 3.05) is 44.2 Å². The second-order valence-electron chi connectivity index (χ2n) is 13.7. The first kappa shape index (κ1) is 30.2. The molecule has 1 spiro atoms. The van der Waals surface area contributed by atoms with Crippen LogP contribution >= 0.6 is 0 Å². The van der Waals surface area contributed by atoms with Crippen LogP contribution in [0, 0.1) is 17.0 Å². The fraction of sp³-hybridized carbons (Fsp3) is 0.486. The quantitative estimate of drug-likeness (QED) is 0.285. The molecule has 0 radical (unpaired) electrons. The normalized spacial score (nSPS) is 26.1. The molecule has 2 N–H and O–H groups in total. The van der Waals surface area contributed by atoms with Crippen LogP contribution in [-0.4, -0.2) is 81.9 Å². The highest BCUT2D eigenvalue weighted by Crippen LogP contribution is 2.43. The summed E-state index contributed by atoms with van der Waals surface area (Å²) in [5.41, 5.74) is -0.505. The monoisotopic (exact) mass is 646 g/mol. The highest BCUT2D eigenvalue weighted by Gasteiger charge is 2.50. The fourth-order valence-corrected chi connectivity index (χ4v) is 8.61. The molecule has 0 aliphatic carbocycles. The summed E-state index contributed by atoms with van der Waals surface area (Å²) in [7, 11) is 0. The average Bonchev–Trinajstić information content (AvgIpc) is 3.71. The van der Waals surface area contributed by atoms with Gasteiger partial charge in [-0.1, -0.05) is 13.0 Å². The molecule has 4 aliphatic rings. The number of fused-ring (bicyclic) bond motifs is 3. The zero-order valence-corrected chi connectivity index (χ0v) is 26.3. The Morgan fingerprint density at radius 3 is 2.79 bits per heavy atom. The Balaban J connectivity index is 1.27. The summed E-state index contributed by atoms with van der Waals surface area (Å²) in [4.78, 5) is 31.0. The number of aromatic hydroxyl groups is 1. The average molecular weight is 647 g/mol. The number of benzene rings is 2. The molecule has 4 aliphatic heterocycles. The molecule has 0 unspecified atom stereocenters. The summed E-state index contributed by atoms with van der Waals surface area (Å²) in [5, 5.41) is 14.9. The summed E-state index contributed by atoms with van der Waals surface area (Å²) in [6.07, 6.45) is 5.22. The molecule has 246 valence electrons. The van der Waals surface area contributed by atoms with Crippen molar-refractivity contribution in [2.24, 2.45) is 5.41 Å². The molecule has 4 aromatic rings. The number of pyridine rings is 1. The van der Waals surface area contributed by atoms with E-state index in [0.29, 0.717) is 73.0 Å². The van der Waals surface area contributed by atoms with Crippen LogP contribution in [-0.2, 0) is 11.2 Å². The van der Waals surface area contributed by atoms with E-state index in [2.05, 4.69) is 20.2 Å². The number of ether oxygens (including phenoxy) is 1. The fourth-order valence-electron chi connectivity index (χ4n) is 8.61. The van der Waals surface area contributed by atoms with E-state index in [1.807, 2.05) is 11.8 Å². The van der Waals surface area contributed by atoms with E-state index < -0.39 is 28.8 Å². The molecule has 8 rings (SSSR count). The number of hydrogen-bond acceptors (Lipinski definition) is 8. The van der Waals surface area contributed by atoms with Gasteiger partial charge in [-0.3, -0.25) is 14.7 Å². The van der Waals surface area contributed by atoms with Crippen LogP contribution < -0.4 is 15.0 Å². The van der Waals surface area contributed by atoms with Crippen molar-refractivity contribution in [3.8, 4) is 23.0 Å². The number of phenolic OH excluding ortho intramolecular Hbond substituents is 1. The molecule has 4 fully saturated rings. The number of piperidine rings is 1. The molecular formula is C35H37F3N6O3. The number of halogens is 3. The summed E-state index contributed by atoms with van der Waals surface area (Å²) < 4.78 is 52.7. The molecule has 9 nitrogen and oxygen atoms in total. The highest BCUT2D eigenvalue weighted by atomic mass is 19.1. The maximum Gasteiger partial charge on any atom is 0.319 e. The van der Waals surface area contributed by atoms with Crippen molar-refractivity contribution >= 4 is 33.4 Å². The maximum absolute atomic E-state index is 16.9. The van der Waals surface area contributed by atoms with Crippen LogP contribution in [0.5, 0.6) is 11.8 Å². The van der Waals surface area contributed by atoms with Crippen LogP contribution in [0.3, 0.4) is 0 Å². The molecule has 12 heteroatoms. The maximum atomic E-state index is 16.9. The van der Waals surface area contributed by atoms with Gasteiger partial charge in [-0.25, -0.2) is 13.2 Å². The smallest absolute Gasteiger partial charge is 0.319 e. The number of nitrogens with zero attached hydrogens (tertiary/aromatic N) is 5. The first-order chi connectivity index (χ1) is 22.7. The van der Waals surface area contributed by atoms with Gasteiger partial charge in [-0.2, -0.15) is 9.97 Å². The number of phenols is 1. The number of carbonyl (C=O) groups is 1. The predicted octanol–water partition coefficient (Wildman–Crippen LogP) is 5.45. The Labute approximate surface area is 270 Å². The number of anilines is 1. The van der Waals surface area contributed by atoms with Crippen molar-refractivity contribution in [3.05, 3.63) is 47.7 Å². The van der Waals surface area contributed by atoms with E-state index in [1.165, 1.54) is 24.4 Å². The molecule has 47 heavy (non-hydrogen) atoms. The molecule has 0 bridgehead atoms. The Morgan fingerprint density at radius 1 is 1.13 bits per heavy atom. The van der Waals surface area contributed by atoms with Gasteiger partial charge < -0.3 is 20.1 Å². The summed E-state index contributed by atoms with van der Waals surface area (Å²) >= 11 is 0. The molecule has 6 heterocycles. The van der Waals surface area contributed by atoms with Gasteiger partial charge in [-0.15, -0.1) is 0 Å². The molecule has 1 amide bonds. The van der Waals surface area contributed by atoms with Gasteiger partial charge in [0, 0.05) is 44.4 Å². The SMILES string of the molecule is CCc1c(F)ccc2cc(O)cc(-c3ncc4c(N5CCC[C@]6(CCNC6=O)C5)nc(OC[C@@]56CCCN5C[C@H](F)C6)nc4c3F)c12. The van der Waals surface area contributed by atoms with Crippen molar-refractivity contribution in [1.29, 1.82) is 0 Å². The van der Waals surface area contributed by atoms with E-state index >= 15 is 4.39 Å². The van der Waals surface area contributed by atoms with Gasteiger partial charge in [0.05, 0.1) is 16.3 Å². The largest absolute Gasteiger partial charge is 0.508 e. The third kappa shape index (κ3) is 4.86. The van der Waals surface area contributed by atoms with Crippen molar-refractivity contribution < 1.29 is 27.8 Å². The lowest BCUT2D eigenvalue weighted by atomic mass is 9.78. The van der Waals surface area contributed by atoms with Gasteiger partial charge in [0.15, 0.2) is 5.82 Å². The Bertz CT molecular complexity index is 1930. The van der Waals surface area contributed by atoms with Crippen LogP contribution in [0.1, 0.15) is 51.0 Å². The Morgan fingerprint density at radius 2 is 1.98 bits per heavy atom. The lowest BCUT2D eigenvalue weighted by Crippen LogP contribution is -2.47. The van der Waals surface area contributed by atoms with Gasteiger partial charge in [0.25, 0.3) is 0 Å². The van der Waals surface area contributed by atoms with Crippen LogP contribution in [0.25, 0.3) is 32.9 Å². The number of carbonyl (C=O) groups excluding carboxylic acids is 1. The first-order valence-electron chi connectivity index (χ1n) is 16.6. The number of aromatic nitrogens is 3. The number of nitrogens with one attached hydrogen (secondary N) is 1. The van der Waals surface area contributed by atoms with Gasteiger partial charge >= 0.3 is 6.01 Å². The molecule has 0 saturated carbocycles. The molecule has 2 aromatic heterocycles.